The number of rotatable bonds is 15. The van der Waals surface area contributed by atoms with Crippen LogP contribution in [-0.2, 0) is 11.0 Å². The fourth-order valence-corrected chi connectivity index (χ4v) is 12.1. The minimum Gasteiger partial charge on any atom is -0.496 e. The second-order valence-corrected chi connectivity index (χ2v) is 19.0. The number of methoxy groups -OCH3 is 3. The predicted octanol–water partition coefficient (Wildman–Crippen LogP) is 9.55. The molecule has 0 unspecified atom stereocenters. The molecular weight excluding hydrogens is 723 g/mol. The highest BCUT2D eigenvalue weighted by molar-refractivity contribution is 6.99. The van der Waals surface area contributed by atoms with E-state index < -0.39 is 14.2 Å². The van der Waals surface area contributed by atoms with Gasteiger partial charge in [0.05, 0.1) is 37.8 Å². The number of azide groups is 1. The topological polar surface area (TPSA) is 129 Å². The zero-order valence-corrected chi connectivity index (χ0v) is 34.5. The van der Waals surface area contributed by atoms with Gasteiger partial charge in [0.15, 0.2) is 5.78 Å². The third kappa shape index (κ3) is 8.06. The lowest BCUT2D eigenvalue weighted by atomic mass is 9.90. The molecule has 1 amide bonds. The van der Waals surface area contributed by atoms with Crippen LogP contribution in [0.1, 0.15) is 66.5 Å². The van der Waals surface area contributed by atoms with Crippen molar-refractivity contribution in [2.24, 2.45) is 11.0 Å². The van der Waals surface area contributed by atoms with Crippen molar-refractivity contribution in [1.82, 2.24) is 0 Å². The van der Waals surface area contributed by atoms with Gasteiger partial charge in [-0.05, 0) is 63.0 Å². The maximum Gasteiger partial charge on any atom is 0.261 e. The maximum atomic E-state index is 14.9. The van der Waals surface area contributed by atoms with Gasteiger partial charge in [-0.3, -0.25) is 9.59 Å². The van der Waals surface area contributed by atoms with E-state index >= 15 is 0 Å². The van der Waals surface area contributed by atoms with Crippen molar-refractivity contribution < 1.29 is 33.0 Å². The third-order valence-corrected chi connectivity index (χ3v) is 15.0. The predicted molar refractivity (Wildman–Crippen MR) is 223 cm³/mol. The average Bonchev–Trinajstić information content (AvgIpc) is 3.20. The highest BCUT2D eigenvalue weighted by Gasteiger charge is 2.50. The Kier molecular flexibility index (Phi) is 13.1. The second-order valence-electron chi connectivity index (χ2n) is 14.7. The normalized spacial score (nSPS) is 12.4. The lowest BCUT2D eigenvalue weighted by Gasteiger charge is -2.43. The van der Waals surface area contributed by atoms with Gasteiger partial charge in [-0.2, -0.15) is 0 Å². The van der Waals surface area contributed by atoms with Crippen molar-refractivity contribution in [2.45, 2.75) is 53.2 Å². The van der Waals surface area contributed by atoms with Gasteiger partial charge in [0.1, 0.15) is 29.6 Å². The summed E-state index contributed by atoms with van der Waals surface area (Å²) in [5.41, 5.74) is 11.1. The second kappa shape index (κ2) is 17.7. The van der Waals surface area contributed by atoms with Crippen LogP contribution in [0, 0.1) is 12.8 Å². The first-order valence-electron chi connectivity index (χ1n) is 18.4. The summed E-state index contributed by atoms with van der Waals surface area (Å²) < 4.78 is 31.4. The van der Waals surface area contributed by atoms with E-state index in [-0.39, 0.29) is 51.7 Å². The number of ether oxygens (including phenoxy) is 4. The standard InChI is InChI=1S/C45H49N3O7Si/c1-29(27-55-56(45(4,5)6,33-21-15-11-16-22-33)34-23-17-12-18-24-34)25-30(2)40(49)38-37-36(51-7)26-35(44(50)47-48-46)43(53-9)39(37)42(31(3)41(38)52-8)54-28-32-19-13-10-14-20-32/h10-26,29H,27-28H2,1-9H3/b30-25+/t29-/m0/s1. The summed E-state index contributed by atoms with van der Waals surface area (Å²) in [6.45, 7) is 12.8. The average molecular weight is 772 g/mol. The van der Waals surface area contributed by atoms with E-state index in [1.54, 1.807) is 13.8 Å². The van der Waals surface area contributed by atoms with Crippen LogP contribution in [-0.4, -0.2) is 47.9 Å². The molecule has 5 rings (SSSR count). The van der Waals surface area contributed by atoms with Gasteiger partial charge in [0.2, 0.25) is 0 Å². The Bertz CT molecular complexity index is 2240. The number of fused-ring (bicyclic) bond motifs is 1. The van der Waals surface area contributed by atoms with Crippen molar-refractivity contribution in [3.63, 3.8) is 0 Å². The molecule has 0 bridgehead atoms. The van der Waals surface area contributed by atoms with Gasteiger partial charge < -0.3 is 23.4 Å². The first-order chi connectivity index (χ1) is 26.8. The zero-order chi connectivity index (χ0) is 40.6. The van der Waals surface area contributed by atoms with Gasteiger partial charge in [-0.1, -0.05) is 125 Å². The Balaban J connectivity index is 1.65. The molecule has 0 saturated heterocycles. The molecule has 5 aromatic rings. The van der Waals surface area contributed by atoms with E-state index in [4.69, 9.17) is 28.9 Å². The Morgan fingerprint density at radius 2 is 1.38 bits per heavy atom. The quantitative estimate of drug-likeness (QED) is 0.0259. The van der Waals surface area contributed by atoms with Crippen LogP contribution in [0.2, 0.25) is 5.04 Å². The van der Waals surface area contributed by atoms with Crippen LogP contribution in [0.25, 0.3) is 21.2 Å². The minimum absolute atomic E-state index is 0.0523. The summed E-state index contributed by atoms with van der Waals surface area (Å²) in [5, 5.41) is 6.07. The number of hydrogen-bond acceptors (Lipinski definition) is 7. The molecule has 0 fully saturated rings. The summed E-state index contributed by atoms with van der Waals surface area (Å²) in [6.07, 6.45) is 1.92. The Hall–Kier alpha value is -5.87. The molecule has 0 N–H and O–H groups in total. The summed E-state index contributed by atoms with van der Waals surface area (Å²) >= 11 is 0. The molecular formula is C45H49N3O7Si. The van der Waals surface area contributed by atoms with E-state index in [0.717, 1.165) is 5.56 Å². The van der Waals surface area contributed by atoms with Crippen molar-refractivity contribution in [3.8, 4) is 23.0 Å². The number of amides is 1. The molecule has 0 aliphatic heterocycles. The van der Waals surface area contributed by atoms with Gasteiger partial charge in [0, 0.05) is 22.5 Å². The van der Waals surface area contributed by atoms with Crippen molar-refractivity contribution in [3.05, 3.63) is 141 Å². The third-order valence-electron chi connectivity index (χ3n) is 9.95. The molecule has 11 heteroatoms. The smallest absolute Gasteiger partial charge is 0.261 e. The molecule has 5 aromatic carbocycles. The lowest BCUT2D eigenvalue weighted by molar-refractivity contribution is 0.0996. The minimum atomic E-state index is -2.83. The van der Waals surface area contributed by atoms with Crippen LogP contribution in [0.3, 0.4) is 0 Å². The molecule has 0 spiro atoms. The fraction of sp³-hybridized carbons (Fsp3) is 0.289. The summed E-state index contributed by atoms with van der Waals surface area (Å²) in [7, 11) is 1.49. The largest absolute Gasteiger partial charge is 0.496 e. The maximum absolute atomic E-state index is 14.9. The highest BCUT2D eigenvalue weighted by Crippen LogP contribution is 2.50. The summed E-state index contributed by atoms with van der Waals surface area (Å²) in [4.78, 5) is 30.7. The van der Waals surface area contributed by atoms with E-state index in [2.05, 4.69) is 79.3 Å². The molecule has 0 aromatic heterocycles. The number of allylic oxidation sites excluding steroid dienone is 1. The van der Waals surface area contributed by atoms with Crippen molar-refractivity contribution in [2.75, 3.05) is 27.9 Å². The van der Waals surface area contributed by atoms with Crippen LogP contribution in [0.15, 0.2) is 114 Å². The molecule has 0 heterocycles. The van der Waals surface area contributed by atoms with Crippen LogP contribution >= 0.6 is 0 Å². The number of carbonyl (C=O) groups excluding carboxylic acids is 2. The molecule has 290 valence electrons. The number of carbonyl (C=O) groups is 2. The molecule has 0 aliphatic rings. The molecule has 0 aliphatic carbocycles. The van der Waals surface area contributed by atoms with Gasteiger partial charge in [-0.25, -0.2) is 0 Å². The van der Waals surface area contributed by atoms with Crippen molar-refractivity contribution in [1.29, 1.82) is 0 Å². The van der Waals surface area contributed by atoms with Crippen LogP contribution < -0.4 is 29.3 Å². The Morgan fingerprint density at radius 1 is 0.821 bits per heavy atom. The first-order valence-corrected chi connectivity index (χ1v) is 20.3. The lowest BCUT2D eigenvalue weighted by Crippen LogP contribution is -2.66. The SMILES string of the molecule is COc1c(C)c(OCc2ccccc2)c2c(OC)c(C(=O)N=[N+]=[N-])cc(OC)c2c1C(=O)/C(C)=C/[C@H](C)CO[Si](c1ccccc1)(c1ccccc1)C(C)(C)C. The fourth-order valence-electron chi connectivity index (χ4n) is 7.47. The number of ketones is 1. The Morgan fingerprint density at radius 3 is 1.88 bits per heavy atom. The molecule has 0 saturated carbocycles. The van der Waals surface area contributed by atoms with Crippen molar-refractivity contribution >= 4 is 41.2 Å². The number of benzene rings is 5. The first kappa shape index (κ1) is 41.3. The molecule has 0 radical (unpaired) electrons. The number of hydrogen-bond donors (Lipinski definition) is 0. The van der Waals surface area contributed by atoms with Crippen LogP contribution in [0.4, 0.5) is 0 Å². The van der Waals surface area contributed by atoms with E-state index in [9.17, 15) is 9.59 Å². The van der Waals surface area contributed by atoms with E-state index in [1.165, 1.54) is 37.8 Å². The monoisotopic (exact) mass is 771 g/mol. The van der Waals surface area contributed by atoms with Gasteiger partial charge >= 0.3 is 0 Å². The summed E-state index contributed by atoms with van der Waals surface area (Å²) in [5.74, 6) is -0.547. The molecule has 1 atom stereocenters. The zero-order valence-electron chi connectivity index (χ0n) is 33.5. The van der Waals surface area contributed by atoms with Gasteiger partial charge in [-0.15, -0.1) is 0 Å². The summed E-state index contributed by atoms with van der Waals surface area (Å²) in [6, 6.07) is 31.8. The number of nitrogens with zero attached hydrogens (tertiary/aromatic N) is 3. The van der Waals surface area contributed by atoms with Crippen LogP contribution in [0.5, 0.6) is 23.0 Å². The molecule has 56 heavy (non-hydrogen) atoms. The van der Waals surface area contributed by atoms with Gasteiger partial charge in [0.25, 0.3) is 14.2 Å². The molecule has 10 nitrogen and oxygen atoms in total. The number of Topliss-reactive ketones (excluding diaryl/α,β-unsaturated/α-hetero) is 1. The Labute approximate surface area is 329 Å². The van der Waals surface area contributed by atoms with E-state index in [1.807, 2.05) is 55.5 Å². The highest BCUT2D eigenvalue weighted by atomic mass is 28.4. The van der Waals surface area contributed by atoms with E-state index in [0.29, 0.717) is 34.3 Å².